The summed E-state index contributed by atoms with van der Waals surface area (Å²) in [5.74, 6) is -0.479. The molecule has 2 heterocycles. The van der Waals surface area contributed by atoms with E-state index in [0.717, 1.165) is 12.1 Å². The molecule has 2 aromatic heterocycles. The van der Waals surface area contributed by atoms with Gasteiger partial charge in [-0.2, -0.15) is 18.3 Å². The van der Waals surface area contributed by atoms with Gasteiger partial charge in [-0.1, -0.05) is 23.7 Å². The molecule has 0 aliphatic carbocycles. The maximum Gasteiger partial charge on any atom is 0.416 e. The van der Waals surface area contributed by atoms with Gasteiger partial charge in [-0.05, 0) is 35.9 Å². The molecule has 1 N–H and O–H groups in total. The van der Waals surface area contributed by atoms with E-state index in [1.54, 1.807) is 24.4 Å². The highest BCUT2D eigenvalue weighted by molar-refractivity contribution is 6.30. The minimum atomic E-state index is -4.42. The SMILES string of the molecule is O=C(NCc1cccc(C(F)(F)F)c1)c1cc2ccc(Cl)cn2n1. The maximum absolute atomic E-state index is 12.7. The van der Waals surface area contributed by atoms with Crippen molar-refractivity contribution in [2.45, 2.75) is 12.7 Å². The first-order chi connectivity index (χ1) is 11.3. The molecule has 0 radical (unpaired) electrons. The summed E-state index contributed by atoms with van der Waals surface area (Å²) in [5.41, 5.74) is 0.439. The number of carbonyl (C=O) groups excluding carboxylic acids is 1. The molecule has 0 saturated carbocycles. The van der Waals surface area contributed by atoms with E-state index in [2.05, 4.69) is 10.4 Å². The zero-order chi connectivity index (χ0) is 17.3. The number of pyridine rings is 1. The van der Waals surface area contributed by atoms with Crippen molar-refractivity contribution >= 4 is 23.0 Å². The summed E-state index contributed by atoms with van der Waals surface area (Å²) in [5, 5.41) is 7.11. The summed E-state index contributed by atoms with van der Waals surface area (Å²) in [6.45, 7) is -0.0304. The van der Waals surface area contributed by atoms with E-state index in [-0.39, 0.29) is 12.2 Å². The average Bonchev–Trinajstić information content (AvgIpc) is 2.95. The number of alkyl halides is 3. The molecule has 0 aliphatic heterocycles. The number of hydrogen-bond donors (Lipinski definition) is 1. The number of aromatic nitrogens is 2. The van der Waals surface area contributed by atoms with E-state index in [4.69, 9.17) is 11.6 Å². The third-order valence-electron chi connectivity index (χ3n) is 3.36. The Balaban J connectivity index is 1.73. The predicted octanol–water partition coefficient (Wildman–Crippen LogP) is 3.94. The highest BCUT2D eigenvalue weighted by Crippen LogP contribution is 2.29. The van der Waals surface area contributed by atoms with E-state index in [0.29, 0.717) is 16.1 Å². The van der Waals surface area contributed by atoms with Crippen LogP contribution >= 0.6 is 11.6 Å². The van der Waals surface area contributed by atoms with Crippen molar-refractivity contribution in [3.8, 4) is 0 Å². The zero-order valence-electron chi connectivity index (χ0n) is 12.1. The van der Waals surface area contributed by atoms with Crippen LogP contribution in [0.15, 0.2) is 48.7 Å². The normalized spacial score (nSPS) is 11.7. The van der Waals surface area contributed by atoms with Gasteiger partial charge in [-0.15, -0.1) is 0 Å². The van der Waals surface area contributed by atoms with Gasteiger partial charge in [0.15, 0.2) is 5.69 Å². The van der Waals surface area contributed by atoms with Gasteiger partial charge >= 0.3 is 6.18 Å². The molecule has 1 amide bonds. The Morgan fingerprint density at radius 2 is 2.00 bits per heavy atom. The molecule has 24 heavy (non-hydrogen) atoms. The number of halogens is 4. The van der Waals surface area contributed by atoms with E-state index in [1.807, 2.05) is 0 Å². The molecule has 0 bridgehead atoms. The second-order valence-electron chi connectivity index (χ2n) is 5.13. The lowest BCUT2D eigenvalue weighted by Crippen LogP contribution is -2.23. The number of hydrogen-bond acceptors (Lipinski definition) is 2. The van der Waals surface area contributed by atoms with E-state index in [9.17, 15) is 18.0 Å². The van der Waals surface area contributed by atoms with Crippen molar-refractivity contribution < 1.29 is 18.0 Å². The van der Waals surface area contributed by atoms with Crippen LogP contribution in [0.25, 0.3) is 5.52 Å². The molecule has 8 heteroatoms. The van der Waals surface area contributed by atoms with Crippen LogP contribution < -0.4 is 5.32 Å². The Morgan fingerprint density at radius 3 is 2.75 bits per heavy atom. The number of carbonyl (C=O) groups is 1. The molecule has 0 aliphatic rings. The third-order valence-corrected chi connectivity index (χ3v) is 3.59. The molecule has 124 valence electrons. The summed E-state index contributed by atoms with van der Waals surface area (Å²) in [6.07, 6.45) is -2.86. The van der Waals surface area contributed by atoms with Gasteiger partial charge in [-0.3, -0.25) is 4.79 Å². The van der Waals surface area contributed by atoms with E-state index in [1.165, 1.54) is 16.6 Å². The number of nitrogens with one attached hydrogen (secondary N) is 1. The molecule has 1 aromatic carbocycles. The molecule has 0 spiro atoms. The van der Waals surface area contributed by atoms with E-state index < -0.39 is 17.6 Å². The Kier molecular flexibility index (Phi) is 4.19. The lowest BCUT2D eigenvalue weighted by atomic mass is 10.1. The van der Waals surface area contributed by atoms with Gasteiger partial charge in [0.05, 0.1) is 16.1 Å². The van der Waals surface area contributed by atoms with Crippen molar-refractivity contribution in [1.29, 1.82) is 0 Å². The van der Waals surface area contributed by atoms with Crippen molar-refractivity contribution in [3.63, 3.8) is 0 Å². The molecule has 0 atom stereocenters. The summed E-state index contributed by atoms with van der Waals surface area (Å²) >= 11 is 5.85. The lowest BCUT2D eigenvalue weighted by molar-refractivity contribution is -0.137. The fraction of sp³-hybridized carbons (Fsp3) is 0.125. The van der Waals surface area contributed by atoms with Crippen molar-refractivity contribution in [3.05, 3.63) is 70.5 Å². The fourth-order valence-electron chi connectivity index (χ4n) is 2.20. The van der Waals surface area contributed by atoms with Gasteiger partial charge in [0.1, 0.15) is 0 Å². The van der Waals surface area contributed by atoms with Gasteiger partial charge in [0, 0.05) is 12.7 Å². The fourth-order valence-corrected chi connectivity index (χ4v) is 2.36. The highest BCUT2D eigenvalue weighted by Gasteiger charge is 2.30. The van der Waals surface area contributed by atoms with Crippen molar-refractivity contribution in [2.24, 2.45) is 0 Å². The minimum Gasteiger partial charge on any atom is -0.347 e. The summed E-state index contributed by atoms with van der Waals surface area (Å²) in [4.78, 5) is 12.1. The van der Waals surface area contributed by atoms with Crippen molar-refractivity contribution in [1.82, 2.24) is 14.9 Å². The highest BCUT2D eigenvalue weighted by atomic mass is 35.5. The van der Waals surface area contributed by atoms with Gasteiger partial charge in [0.2, 0.25) is 0 Å². The Bertz CT molecular complexity index is 905. The number of nitrogens with zero attached hydrogens (tertiary/aromatic N) is 2. The number of fused-ring (bicyclic) bond motifs is 1. The van der Waals surface area contributed by atoms with Gasteiger partial charge in [0.25, 0.3) is 5.91 Å². The smallest absolute Gasteiger partial charge is 0.347 e. The molecule has 3 aromatic rings. The summed E-state index contributed by atoms with van der Waals surface area (Å²) < 4.78 is 39.5. The summed E-state index contributed by atoms with van der Waals surface area (Å²) in [7, 11) is 0. The van der Waals surface area contributed by atoms with Crippen LogP contribution in [0.1, 0.15) is 21.6 Å². The quantitative estimate of drug-likeness (QED) is 0.775. The summed E-state index contributed by atoms with van der Waals surface area (Å²) in [6, 6.07) is 9.75. The van der Waals surface area contributed by atoms with Gasteiger partial charge in [-0.25, -0.2) is 4.52 Å². The standard InChI is InChI=1S/C16H11ClF3N3O/c17-12-4-5-13-7-14(22-23(13)9-12)15(24)21-8-10-2-1-3-11(6-10)16(18,19)20/h1-7,9H,8H2,(H,21,24). The predicted molar refractivity (Wildman–Crippen MR) is 82.8 cm³/mol. The molecular formula is C16H11ClF3N3O. The molecule has 0 unspecified atom stereocenters. The van der Waals surface area contributed by atoms with Crippen LogP contribution in [-0.4, -0.2) is 15.5 Å². The first kappa shape index (κ1) is 16.3. The van der Waals surface area contributed by atoms with Crippen LogP contribution in [0, 0.1) is 0 Å². The number of amides is 1. The topological polar surface area (TPSA) is 46.4 Å². The third kappa shape index (κ3) is 3.51. The largest absolute Gasteiger partial charge is 0.416 e. The molecule has 0 saturated heterocycles. The van der Waals surface area contributed by atoms with Crippen LogP contribution in [0.4, 0.5) is 13.2 Å². The lowest BCUT2D eigenvalue weighted by Gasteiger charge is -2.09. The van der Waals surface area contributed by atoms with Crippen LogP contribution in [0.2, 0.25) is 5.02 Å². The second kappa shape index (κ2) is 6.16. The molecule has 3 rings (SSSR count). The molecule has 4 nitrogen and oxygen atoms in total. The average molecular weight is 354 g/mol. The van der Waals surface area contributed by atoms with Crippen LogP contribution in [0.5, 0.6) is 0 Å². The monoisotopic (exact) mass is 353 g/mol. The number of benzene rings is 1. The Morgan fingerprint density at radius 1 is 1.21 bits per heavy atom. The first-order valence-electron chi connectivity index (χ1n) is 6.92. The first-order valence-corrected chi connectivity index (χ1v) is 7.30. The Hall–Kier alpha value is -2.54. The minimum absolute atomic E-state index is 0.0304. The van der Waals surface area contributed by atoms with E-state index >= 15 is 0 Å². The Labute approximate surface area is 139 Å². The van der Waals surface area contributed by atoms with Crippen LogP contribution in [-0.2, 0) is 12.7 Å². The molecular weight excluding hydrogens is 343 g/mol. The zero-order valence-corrected chi connectivity index (χ0v) is 12.9. The van der Waals surface area contributed by atoms with Crippen LogP contribution in [0.3, 0.4) is 0 Å². The second-order valence-corrected chi connectivity index (χ2v) is 5.56. The molecule has 0 fully saturated rings. The van der Waals surface area contributed by atoms with Gasteiger partial charge < -0.3 is 5.32 Å². The van der Waals surface area contributed by atoms with Crippen molar-refractivity contribution in [2.75, 3.05) is 0 Å². The maximum atomic E-state index is 12.7. The number of rotatable bonds is 3.